The highest BCUT2D eigenvalue weighted by atomic mass is 32.2. The number of carbonyl (C=O) groups is 1. The van der Waals surface area contributed by atoms with Gasteiger partial charge in [0.1, 0.15) is 11.3 Å². The molecule has 1 N–H and O–H groups in total. The van der Waals surface area contributed by atoms with Gasteiger partial charge in [-0.15, -0.1) is 0 Å². The third kappa shape index (κ3) is 3.68. The molecule has 7 heteroatoms. The Morgan fingerprint density at radius 3 is 2.43 bits per heavy atom. The van der Waals surface area contributed by atoms with Crippen LogP contribution in [0.3, 0.4) is 0 Å². The first-order valence-corrected chi connectivity index (χ1v) is 10.4. The minimum atomic E-state index is -3.65. The van der Waals surface area contributed by atoms with Crippen LogP contribution in [0.1, 0.15) is 40.2 Å². The topological polar surface area (TPSA) is 79.6 Å². The van der Waals surface area contributed by atoms with Crippen molar-refractivity contribution in [1.29, 1.82) is 0 Å². The third-order valence-corrected chi connectivity index (χ3v) is 6.80. The van der Waals surface area contributed by atoms with E-state index in [2.05, 4.69) is 5.32 Å². The zero-order chi connectivity index (χ0) is 20.6. The van der Waals surface area contributed by atoms with E-state index in [4.69, 9.17) is 4.42 Å². The number of nitrogens with zero attached hydrogens (tertiary/aromatic N) is 1. The highest BCUT2D eigenvalue weighted by Crippen LogP contribution is 2.26. The summed E-state index contributed by atoms with van der Waals surface area (Å²) in [4.78, 5) is 12.9. The van der Waals surface area contributed by atoms with Crippen LogP contribution in [-0.2, 0) is 10.0 Å². The van der Waals surface area contributed by atoms with Crippen molar-refractivity contribution in [2.45, 2.75) is 31.7 Å². The first-order valence-electron chi connectivity index (χ1n) is 8.94. The molecule has 0 spiro atoms. The van der Waals surface area contributed by atoms with Crippen molar-refractivity contribution in [3.05, 3.63) is 64.9 Å². The first-order chi connectivity index (χ1) is 13.1. The van der Waals surface area contributed by atoms with Crippen LogP contribution in [0.25, 0.3) is 11.0 Å². The van der Waals surface area contributed by atoms with Crippen molar-refractivity contribution in [3.8, 4) is 0 Å². The van der Waals surface area contributed by atoms with Crippen molar-refractivity contribution in [1.82, 2.24) is 9.62 Å². The minimum absolute atomic E-state index is 0.138. The number of para-hydroxylation sites is 1. The fourth-order valence-electron chi connectivity index (χ4n) is 2.99. The number of amides is 1. The lowest BCUT2D eigenvalue weighted by molar-refractivity contribution is 0.0935. The Labute approximate surface area is 165 Å². The van der Waals surface area contributed by atoms with Crippen LogP contribution in [0.5, 0.6) is 0 Å². The summed E-state index contributed by atoms with van der Waals surface area (Å²) in [7, 11) is -0.704. The van der Waals surface area contributed by atoms with Crippen LogP contribution in [0, 0.1) is 13.8 Å². The standard InChI is InChI=1S/C21H24N2O4S/c1-13-10-17(12-20(14(13)2)28(25,26)23(4)5)21(24)22-15(3)19-11-16-8-6-7-9-18(16)27-19/h6-12,15H,1-5H3,(H,22,24)/t15-/m1/s1. The van der Waals surface area contributed by atoms with Gasteiger partial charge in [0.2, 0.25) is 10.0 Å². The maximum Gasteiger partial charge on any atom is 0.251 e. The largest absolute Gasteiger partial charge is 0.459 e. The summed E-state index contributed by atoms with van der Waals surface area (Å²) in [5.41, 5.74) is 2.43. The quantitative estimate of drug-likeness (QED) is 0.707. The van der Waals surface area contributed by atoms with E-state index < -0.39 is 10.0 Å². The number of nitrogens with one attached hydrogen (secondary N) is 1. The molecule has 3 aromatic rings. The van der Waals surface area contributed by atoms with Crippen LogP contribution in [0.2, 0.25) is 0 Å². The Hall–Kier alpha value is -2.64. The fraction of sp³-hybridized carbons (Fsp3) is 0.286. The normalized spacial score (nSPS) is 13.1. The van der Waals surface area contributed by atoms with E-state index in [1.165, 1.54) is 20.2 Å². The molecule has 1 atom stereocenters. The molecule has 0 saturated carbocycles. The van der Waals surface area contributed by atoms with Crippen molar-refractivity contribution in [3.63, 3.8) is 0 Å². The van der Waals surface area contributed by atoms with E-state index in [1.807, 2.05) is 37.3 Å². The molecule has 0 aliphatic rings. The van der Waals surface area contributed by atoms with Crippen molar-refractivity contribution >= 4 is 26.9 Å². The molecule has 0 saturated heterocycles. The van der Waals surface area contributed by atoms with Crippen LogP contribution < -0.4 is 5.32 Å². The Balaban J connectivity index is 1.91. The second-order valence-corrected chi connectivity index (χ2v) is 9.21. The van der Waals surface area contributed by atoms with E-state index in [9.17, 15) is 13.2 Å². The second-order valence-electron chi connectivity index (χ2n) is 7.09. The van der Waals surface area contributed by atoms with Crippen LogP contribution in [0.15, 0.2) is 51.8 Å². The van der Waals surface area contributed by atoms with E-state index in [1.54, 1.807) is 19.9 Å². The van der Waals surface area contributed by atoms with Gasteiger partial charge in [0, 0.05) is 25.0 Å². The van der Waals surface area contributed by atoms with Gasteiger partial charge in [-0.05, 0) is 56.2 Å². The number of fused-ring (bicyclic) bond motifs is 1. The number of carbonyl (C=O) groups excluding carboxylic acids is 1. The molecular weight excluding hydrogens is 376 g/mol. The summed E-state index contributed by atoms with van der Waals surface area (Å²) in [5, 5.41) is 3.85. The molecule has 148 valence electrons. The minimum Gasteiger partial charge on any atom is -0.459 e. The summed E-state index contributed by atoms with van der Waals surface area (Å²) >= 11 is 0. The van der Waals surface area contributed by atoms with Gasteiger partial charge < -0.3 is 9.73 Å². The van der Waals surface area contributed by atoms with Gasteiger partial charge in [0.15, 0.2) is 0 Å². The van der Waals surface area contributed by atoms with Crippen molar-refractivity contribution in [2.24, 2.45) is 0 Å². The average Bonchev–Trinajstić information content (AvgIpc) is 3.07. The van der Waals surface area contributed by atoms with Gasteiger partial charge in [0.25, 0.3) is 5.91 Å². The molecule has 0 unspecified atom stereocenters. The third-order valence-electron chi connectivity index (χ3n) is 4.86. The summed E-state index contributed by atoms with van der Waals surface area (Å²) in [6.45, 7) is 5.36. The fourth-order valence-corrected chi connectivity index (χ4v) is 4.21. The molecule has 1 heterocycles. The lowest BCUT2D eigenvalue weighted by Crippen LogP contribution is -2.28. The van der Waals surface area contributed by atoms with E-state index >= 15 is 0 Å². The predicted molar refractivity (Wildman–Crippen MR) is 109 cm³/mol. The number of rotatable bonds is 5. The summed E-state index contributed by atoms with van der Waals surface area (Å²) in [6.07, 6.45) is 0. The average molecular weight is 401 g/mol. The molecule has 0 bridgehead atoms. The number of aryl methyl sites for hydroxylation is 1. The molecule has 0 fully saturated rings. The Morgan fingerprint density at radius 2 is 1.79 bits per heavy atom. The molecule has 3 rings (SSSR count). The smallest absolute Gasteiger partial charge is 0.251 e. The van der Waals surface area contributed by atoms with Crippen molar-refractivity contribution in [2.75, 3.05) is 14.1 Å². The predicted octanol–water partition coefficient (Wildman–Crippen LogP) is 3.79. The summed E-state index contributed by atoms with van der Waals surface area (Å²) < 4.78 is 32.2. The van der Waals surface area contributed by atoms with Gasteiger partial charge in [0.05, 0.1) is 10.9 Å². The monoisotopic (exact) mass is 400 g/mol. The van der Waals surface area contributed by atoms with Gasteiger partial charge in [-0.25, -0.2) is 12.7 Å². The van der Waals surface area contributed by atoms with Gasteiger partial charge in [-0.3, -0.25) is 4.79 Å². The number of hydrogen-bond acceptors (Lipinski definition) is 4. The molecule has 2 aromatic carbocycles. The van der Waals surface area contributed by atoms with Gasteiger partial charge in [-0.1, -0.05) is 18.2 Å². The van der Waals surface area contributed by atoms with Gasteiger partial charge >= 0.3 is 0 Å². The lowest BCUT2D eigenvalue weighted by atomic mass is 10.1. The number of sulfonamides is 1. The first kappa shape index (κ1) is 20.1. The summed E-state index contributed by atoms with van der Waals surface area (Å²) in [6, 6.07) is 12.3. The molecule has 0 aliphatic heterocycles. The SMILES string of the molecule is Cc1cc(C(=O)N[C@H](C)c2cc3ccccc3o2)cc(S(=O)(=O)N(C)C)c1C. The number of hydrogen-bond donors (Lipinski definition) is 1. The zero-order valence-corrected chi connectivity index (χ0v) is 17.4. The Kier molecular flexibility index (Phi) is 5.32. The molecule has 0 radical (unpaired) electrons. The summed E-state index contributed by atoms with van der Waals surface area (Å²) in [5.74, 6) is 0.283. The molecule has 1 amide bonds. The number of furan rings is 1. The molecule has 1 aromatic heterocycles. The van der Waals surface area contributed by atoms with E-state index in [-0.39, 0.29) is 16.8 Å². The molecule has 6 nitrogen and oxygen atoms in total. The Bertz CT molecular complexity index is 1110. The van der Waals surface area contributed by atoms with Crippen LogP contribution in [0.4, 0.5) is 0 Å². The highest BCUT2D eigenvalue weighted by Gasteiger charge is 2.24. The van der Waals surface area contributed by atoms with E-state index in [0.717, 1.165) is 20.8 Å². The molecule has 28 heavy (non-hydrogen) atoms. The van der Waals surface area contributed by atoms with Gasteiger partial charge in [-0.2, -0.15) is 0 Å². The van der Waals surface area contributed by atoms with Crippen LogP contribution >= 0.6 is 0 Å². The molecular formula is C21H24N2O4S. The molecule has 0 aliphatic carbocycles. The van der Waals surface area contributed by atoms with Crippen molar-refractivity contribution < 1.29 is 17.6 Å². The van der Waals surface area contributed by atoms with Crippen LogP contribution in [-0.4, -0.2) is 32.7 Å². The lowest BCUT2D eigenvalue weighted by Gasteiger charge is -2.17. The number of benzene rings is 2. The maximum atomic E-state index is 12.8. The second kappa shape index (κ2) is 7.41. The van der Waals surface area contributed by atoms with E-state index in [0.29, 0.717) is 16.9 Å². The maximum absolute atomic E-state index is 12.8. The highest BCUT2D eigenvalue weighted by molar-refractivity contribution is 7.89. The Morgan fingerprint density at radius 1 is 1.11 bits per heavy atom. The zero-order valence-electron chi connectivity index (χ0n) is 16.6.